The first-order valence-corrected chi connectivity index (χ1v) is 1.22. The second-order valence-corrected chi connectivity index (χ2v) is 0. The first-order valence-electron chi connectivity index (χ1n) is 0.408. The van der Waals surface area contributed by atoms with Crippen LogP contribution in [0.2, 0.25) is 0 Å². The van der Waals surface area contributed by atoms with Crippen molar-refractivity contribution in [2.45, 2.75) is 0 Å². The van der Waals surface area contributed by atoms with E-state index in [9.17, 15) is 0 Å². The molecule has 0 aromatic rings. The minimum absolute atomic E-state index is 0. The van der Waals surface area contributed by atoms with Crippen molar-refractivity contribution in [1.82, 2.24) is 0 Å². The SMILES string of the molecule is C[S-].O.[Na+].[Na+].[SH-]. The topological polar surface area (TPSA) is 31.5 Å². The summed E-state index contributed by atoms with van der Waals surface area (Å²) >= 11 is 4.08. The van der Waals surface area contributed by atoms with E-state index in [1.54, 1.807) is 6.26 Å². The molecule has 0 bridgehead atoms. The molecule has 0 amide bonds. The summed E-state index contributed by atoms with van der Waals surface area (Å²) in [6.07, 6.45) is 1.58. The Morgan fingerprint density at radius 1 is 1.00 bits per heavy atom. The zero-order valence-electron chi connectivity index (χ0n) is 4.36. The molecule has 0 radical (unpaired) electrons. The molecule has 0 atom stereocenters. The van der Waals surface area contributed by atoms with Crippen LogP contribution >= 0.6 is 0 Å². The number of hydrogen-bond donors (Lipinski definition) is 0. The van der Waals surface area contributed by atoms with Gasteiger partial charge in [-0.3, -0.25) is 0 Å². The molecule has 0 aliphatic carbocycles. The molecule has 0 saturated heterocycles. The normalized spacial score (nSPS) is 1.00. The van der Waals surface area contributed by atoms with E-state index in [0.29, 0.717) is 0 Å². The minimum Gasteiger partial charge on any atom is -0.813 e. The molecule has 0 aliphatic rings. The summed E-state index contributed by atoms with van der Waals surface area (Å²) in [6.45, 7) is 0. The Balaban J connectivity index is -0.000000000833. The van der Waals surface area contributed by atoms with Crippen molar-refractivity contribution in [3.8, 4) is 0 Å². The van der Waals surface area contributed by atoms with Crippen LogP contribution in [0.5, 0.6) is 0 Å². The van der Waals surface area contributed by atoms with E-state index in [4.69, 9.17) is 0 Å². The molecule has 0 fully saturated rings. The van der Waals surface area contributed by atoms with E-state index in [1.165, 1.54) is 0 Å². The fourth-order valence-corrected chi connectivity index (χ4v) is 0. The van der Waals surface area contributed by atoms with Gasteiger partial charge in [0.2, 0.25) is 0 Å². The Labute approximate surface area is 95.4 Å². The third kappa shape index (κ3) is 30.2. The summed E-state index contributed by atoms with van der Waals surface area (Å²) in [5.41, 5.74) is 0. The first kappa shape index (κ1) is 37.9. The Morgan fingerprint density at radius 2 is 1.00 bits per heavy atom. The molecular weight excluding hydrogens is 138 g/mol. The van der Waals surface area contributed by atoms with Gasteiger partial charge in [-0.05, 0) is 0 Å². The van der Waals surface area contributed by atoms with Crippen LogP contribution in [0.25, 0.3) is 0 Å². The molecule has 5 heteroatoms. The zero-order valence-corrected chi connectivity index (χ0v) is 10.1. The molecule has 1 nitrogen and oxygen atoms in total. The standard InChI is InChI=1S/CH4S.2Na.H2O.H2S/c1-2;;;;/h2H,1H3;;;2*1H2/q;2*+1;;/p-2. The van der Waals surface area contributed by atoms with Crippen LogP contribution in [0.4, 0.5) is 0 Å². The van der Waals surface area contributed by atoms with Gasteiger partial charge in [0.25, 0.3) is 0 Å². The molecule has 2 N–H and O–H groups in total. The fourth-order valence-electron chi connectivity index (χ4n) is 0. The molecule has 0 rings (SSSR count). The first-order chi connectivity index (χ1) is 1.00. The van der Waals surface area contributed by atoms with Crippen LogP contribution in [-0.2, 0) is 26.1 Å². The van der Waals surface area contributed by atoms with Crippen molar-refractivity contribution in [2.75, 3.05) is 6.26 Å². The zero-order chi connectivity index (χ0) is 2.00. The van der Waals surface area contributed by atoms with Gasteiger partial charge in [-0.25, -0.2) is 0 Å². The third-order valence-corrected chi connectivity index (χ3v) is 0. The second-order valence-electron chi connectivity index (χ2n) is 0. The van der Waals surface area contributed by atoms with E-state index in [0.717, 1.165) is 0 Å². The molecule has 30 valence electrons. The maximum atomic E-state index is 4.08. The van der Waals surface area contributed by atoms with Gasteiger partial charge in [0.1, 0.15) is 0 Å². The molecule has 0 aromatic heterocycles. The van der Waals surface area contributed by atoms with E-state index in [1.807, 2.05) is 0 Å². The van der Waals surface area contributed by atoms with Crippen molar-refractivity contribution < 1.29 is 64.6 Å². The van der Waals surface area contributed by atoms with Gasteiger partial charge in [0, 0.05) is 0 Å². The van der Waals surface area contributed by atoms with Crippen molar-refractivity contribution in [3.63, 3.8) is 0 Å². The third-order valence-electron chi connectivity index (χ3n) is 0. The predicted molar refractivity (Wildman–Crippen MR) is 25.7 cm³/mol. The van der Waals surface area contributed by atoms with Crippen LogP contribution in [0, 0.1) is 0 Å². The summed E-state index contributed by atoms with van der Waals surface area (Å²) in [5.74, 6) is 0. The number of rotatable bonds is 0. The van der Waals surface area contributed by atoms with Gasteiger partial charge in [0.05, 0.1) is 0 Å². The summed E-state index contributed by atoms with van der Waals surface area (Å²) < 4.78 is 0. The van der Waals surface area contributed by atoms with Gasteiger partial charge in [-0.15, -0.1) is 0 Å². The second kappa shape index (κ2) is 48.0. The molecular formula is CH6Na2OS2. The summed E-state index contributed by atoms with van der Waals surface area (Å²) in [5, 5.41) is 0. The monoisotopic (exact) mass is 144 g/mol. The van der Waals surface area contributed by atoms with Gasteiger partial charge >= 0.3 is 59.1 Å². The largest absolute Gasteiger partial charge is 1.00 e. The van der Waals surface area contributed by atoms with Crippen molar-refractivity contribution in [3.05, 3.63) is 0 Å². The summed E-state index contributed by atoms with van der Waals surface area (Å²) in [7, 11) is 0. The predicted octanol–water partition coefficient (Wildman–Crippen LogP) is -6.92. The van der Waals surface area contributed by atoms with E-state index < -0.39 is 0 Å². The van der Waals surface area contributed by atoms with Crippen molar-refractivity contribution in [2.24, 2.45) is 0 Å². The smallest absolute Gasteiger partial charge is 0.813 e. The van der Waals surface area contributed by atoms with E-state index >= 15 is 0 Å². The molecule has 0 unspecified atom stereocenters. The Hall–Kier alpha value is 2.66. The Kier molecular flexibility index (Phi) is 304. The van der Waals surface area contributed by atoms with Crippen molar-refractivity contribution in [1.29, 1.82) is 0 Å². The van der Waals surface area contributed by atoms with Gasteiger partial charge < -0.3 is 31.6 Å². The molecule has 0 heterocycles. The van der Waals surface area contributed by atoms with Crippen LogP contribution in [0.15, 0.2) is 0 Å². The number of thiol groups is 1. The van der Waals surface area contributed by atoms with Crippen LogP contribution in [0.1, 0.15) is 0 Å². The van der Waals surface area contributed by atoms with Gasteiger partial charge in [-0.2, -0.15) is 6.26 Å². The average molecular weight is 144 g/mol. The summed E-state index contributed by atoms with van der Waals surface area (Å²) in [6, 6.07) is 0. The molecule has 0 spiro atoms. The van der Waals surface area contributed by atoms with Crippen LogP contribution in [-0.4, -0.2) is 11.7 Å². The van der Waals surface area contributed by atoms with Crippen LogP contribution in [0.3, 0.4) is 0 Å². The molecule has 0 aliphatic heterocycles. The van der Waals surface area contributed by atoms with Crippen LogP contribution < -0.4 is 59.1 Å². The minimum atomic E-state index is 0. The average Bonchev–Trinajstić information content (AvgIpc) is 1.00. The van der Waals surface area contributed by atoms with E-state index in [-0.39, 0.29) is 78.1 Å². The maximum Gasteiger partial charge on any atom is 1.00 e. The van der Waals surface area contributed by atoms with Gasteiger partial charge in [-0.1, -0.05) is 0 Å². The molecule has 0 aromatic carbocycles. The molecule has 6 heavy (non-hydrogen) atoms. The quantitative estimate of drug-likeness (QED) is 0.192. The Bertz CT molecular complexity index is 11.5. The molecule has 0 saturated carbocycles. The number of hydrogen-bond acceptors (Lipinski definition) is 2. The van der Waals surface area contributed by atoms with Crippen molar-refractivity contribution >= 4 is 26.1 Å². The maximum absolute atomic E-state index is 4.08. The fraction of sp³-hybridized carbons (Fsp3) is 1.00. The summed E-state index contributed by atoms with van der Waals surface area (Å²) in [4.78, 5) is 0. The Morgan fingerprint density at radius 3 is 1.00 bits per heavy atom. The van der Waals surface area contributed by atoms with E-state index in [2.05, 4.69) is 12.6 Å². The van der Waals surface area contributed by atoms with Gasteiger partial charge in [0.15, 0.2) is 0 Å².